The third kappa shape index (κ3) is 2.72. The van der Waals surface area contributed by atoms with Crippen molar-refractivity contribution in [1.29, 1.82) is 0 Å². The highest BCUT2D eigenvalue weighted by atomic mass is 16.5. The lowest BCUT2D eigenvalue weighted by Gasteiger charge is -2.18. The highest BCUT2D eigenvalue weighted by Crippen LogP contribution is 2.16. The predicted octanol–water partition coefficient (Wildman–Crippen LogP) is 0.130. The Kier molecular flexibility index (Phi) is 4.49. The lowest BCUT2D eigenvalue weighted by Crippen LogP contribution is -2.42. The van der Waals surface area contributed by atoms with E-state index >= 15 is 0 Å². The second kappa shape index (κ2) is 6.13. The van der Waals surface area contributed by atoms with Crippen molar-refractivity contribution in [2.24, 2.45) is 7.05 Å². The van der Waals surface area contributed by atoms with Crippen LogP contribution in [-0.4, -0.2) is 28.4 Å². The van der Waals surface area contributed by atoms with E-state index in [-0.39, 0.29) is 23.1 Å². The molecule has 7 heteroatoms. The number of nitrogens with zero attached hydrogens (tertiary/aromatic N) is 2. The molecule has 1 fully saturated rings. The third-order valence-corrected chi connectivity index (χ3v) is 3.60. The van der Waals surface area contributed by atoms with Gasteiger partial charge in [0, 0.05) is 20.2 Å². The molecule has 1 aromatic heterocycles. The summed E-state index contributed by atoms with van der Waals surface area (Å²) in [5.41, 5.74) is 5.57. The van der Waals surface area contributed by atoms with Gasteiger partial charge in [0.15, 0.2) is 0 Å². The smallest absolute Gasteiger partial charge is 0.332 e. The molecule has 0 bridgehead atoms. The number of ether oxygens (including phenoxy) is 1. The maximum absolute atomic E-state index is 12.2. The van der Waals surface area contributed by atoms with Crippen LogP contribution in [0.4, 0.5) is 11.5 Å². The molecule has 7 nitrogen and oxygen atoms in total. The van der Waals surface area contributed by atoms with Crippen LogP contribution in [0.5, 0.6) is 0 Å². The zero-order valence-electron chi connectivity index (χ0n) is 12.0. The molecule has 1 unspecified atom stereocenters. The summed E-state index contributed by atoms with van der Waals surface area (Å²) in [5, 5.41) is 3.12. The van der Waals surface area contributed by atoms with Crippen molar-refractivity contribution in [3.8, 4) is 0 Å². The van der Waals surface area contributed by atoms with Crippen LogP contribution >= 0.6 is 0 Å². The van der Waals surface area contributed by atoms with Crippen LogP contribution in [0.2, 0.25) is 0 Å². The summed E-state index contributed by atoms with van der Waals surface area (Å²) in [4.78, 5) is 24.3. The van der Waals surface area contributed by atoms with Gasteiger partial charge in [-0.15, -0.1) is 0 Å². The van der Waals surface area contributed by atoms with Gasteiger partial charge in [-0.1, -0.05) is 13.3 Å². The number of anilines is 2. The lowest BCUT2D eigenvalue weighted by molar-refractivity contribution is 0.195. The number of rotatable bonds is 5. The SMILES string of the molecule is CCCCn1c(N)c(NC2CCOC2)c(=O)n(C)c1=O. The molecule has 112 valence electrons. The Bertz CT molecular complexity index is 585. The first kappa shape index (κ1) is 14.6. The lowest BCUT2D eigenvalue weighted by atomic mass is 10.2. The van der Waals surface area contributed by atoms with Crippen LogP contribution in [0.15, 0.2) is 9.59 Å². The van der Waals surface area contributed by atoms with Crippen LogP contribution < -0.4 is 22.3 Å². The summed E-state index contributed by atoms with van der Waals surface area (Å²) in [6.07, 6.45) is 2.62. The Hall–Kier alpha value is -1.76. The fourth-order valence-electron chi connectivity index (χ4n) is 2.30. The minimum absolute atomic E-state index is 0.0714. The molecule has 0 radical (unpaired) electrons. The minimum atomic E-state index is -0.382. The van der Waals surface area contributed by atoms with Gasteiger partial charge in [0.05, 0.1) is 12.6 Å². The maximum Gasteiger partial charge on any atom is 0.332 e. The van der Waals surface area contributed by atoms with Crippen molar-refractivity contribution in [2.45, 2.75) is 38.8 Å². The second-order valence-electron chi connectivity index (χ2n) is 5.12. The second-order valence-corrected chi connectivity index (χ2v) is 5.12. The van der Waals surface area contributed by atoms with E-state index < -0.39 is 0 Å². The third-order valence-electron chi connectivity index (χ3n) is 3.60. The summed E-state index contributed by atoms with van der Waals surface area (Å²) in [7, 11) is 1.48. The van der Waals surface area contributed by atoms with Gasteiger partial charge in [-0.25, -0.2) is 4.79 Å². The Morgan fingerprint density at radius 1 is 1.45 bits per heavy atom. The molecule has 0 aromatic carbocycles. The average molecular weight is 282 g/mol. The molecule has 1 aromatic rings. The van der Waals surface area contributed by atoms with Crippen LogP contribution in [0.1, 0.15) is 26.2 Å². The molecule has 1 saturated heterocycles. The van der Waals surface area contributed by atoms with Gasteiger partial charge in [-0.05, 0) is 12.8 Å². The topological polar surface area (TPSA) is 91.3 Å². The number of hydrogen-bond donors (Lipinski definition) is 2. The minimum Gasteiger partial charge on any atom is -0.383 e. The summed E-state index contributed by atoms with van der Waals surface area (Å²) < 4.78 is 7.84. The number of aromatic nitrogens is 2. The monoisotopic (exact) mass is 282 g/mol. The Labute approximate surface area is 117 Å². The zero-order chi connectivity index (χ0) is 14.7. The molecule has 2 heterocycles. The quantitative estimate of drug-likeness (QED) is 0.801. The molecular weight excluding hydrogens is 260 g/mol. The number of nitrogens with two attached hydrogens (primary N) is 1. The van der Waals surface area contributed by atoms with Crippen molar-refractivity contribution >= 4 is 11.5 Å². The van der Waals surface area contributed by atoms with Crippen molar-refractivity contribution in [3.05, 3.63) is 20.8 Å². The van der Waals surface area contributed by atoms with Gasteiger partial charge >= 0.3 is 5.69 Å². The van der Waals surface area contributed by atoms with Crippen LogP contribution in [0.3, 0.4) is 0 Å². The van der Waals surface area contributed by atoms with Crippen molar-refractivity contribution in [3.63, 3.8) is 0 Å². The molecule has 0 spiro atoms. The van der Waals surface area contributed by atoms with Crippen LogP contribution in [0.25, 0.3) is 0 Å². The Morgan fingerprint density at radius 3 is 2.80 bits per heavy atom. The molecule has 1 aliphatic heterocycles. The van der Waals surface area contributed by atoms with Crippen LogP contribution in [-0.2, 0) is 18.3 Å². The molecule has 1 atom stereocenters. The van der Waals surface area contributed by atoms with E-state index in [1.165, 1.54) is 11.6 Å². The Balaban J connectivity index is 2.41. The summed E-state index contributed by atoms with van der Waals surface area (Å²) in [5.74, 6) is 0.221. The fourth-order valence-corrected chi connectivity index (χ4v) is 2.30. The summed E-state index contributed by atoms with van der Waals surface area (Å²) in [6.45, 7) is 3.79. The van der Waals surface area contributed by atoms with Gasteiger partial charge in [-0.3, -0.25) is 13.9 Å². The van der Waals surface area contributed by atoms with E-state index in [9.17, 15) is 9.59 Å². The fraction of sp³-hybridized carbons (Fsp3) is 0.692. The molecule has 1 aliphatic rings. The van der Waals surface area contributed by atoms with Crippen LogP contribution in [0, 0.1) is 0 Å². The summed E-state index contributed by atoms with van der Waals surface area (Å²) in [6, 6.07) is 0.0714. The van der Waals surface area contributed by atoms with E-state index in [1.807, 2.05) is 6.92 Å². The van der Waals surface area contributed by atoms with Gasteiger partial charge in [0.25, 0.3) is 5.56 Å². The highest BCUT2D eigenvalue weighted by molar-refractivity contribution is 5.61. The number of nitrogen functional groups attached to an aromatic ring is 1. The highest BCUT2D eigenvalue weighted by Gasteiger charge is 2.21. The molecular formula is C13H22N4O3. The zero-order valence-corrected chi connectivity index (χ0v) is 12.0. The average Bonchev–Trinajstić information content (AvgIpc) is 2.94. The van der Waals surface area contributed by atoms with Gasteiger partial charge < -0.3 is 15.8 Å². The van der Waals surface area contributed by atoms with E-state index in [0.717, 1.165) is 23.8 Å². The first-order chi connectivity index (χ1) is 9.56. The first-order valence-corrected chi connectivity index (χ1v) is 6.99. The number of hydrogen-bond acceptors (Lipinski definition) is 5. The molecule has 20 heavy (non-hydrogen) atoms. The molecule has 0 aliphatic carbocycles. The number of unbranched alkanes of at least 4 members (excludes halogenated alkanes) is 1. The van der Waals surface area contributed by atoms with Crippen molar-refractivity contribution < 1.29 is 4.74 Å². The first-order valence-electron chi connectivity index (χ1n) is 6.99. The standard InChI is InChI=1S/C13H22N4O3/c1-3-4-6-17-11(14)10(12(18)16(2)13(17)19)15-9-5-7-20-8-9/h9,15H,3-8,14H2,1-2H3. The van der Waals surface area contributed by atoms with Gasteiger partial charge in [0.1, 0.15) is 11.5 Å². The van der Waals surface area contributed by atoms with Crippen molar-refractivity contribution in [1.82, 2.24) is 9.13 Å². The van der Waals surface area contributed by atoms with Gasteiger partial charge in [0.2, 0.25) is 0 Å². The van der Waals surface area contributed by atoms with Gasteiger partial charge in [-0.2, -0.15) is 0 Å². The molecule has 0 amide bonds. The van der Waals surface area contributed by atoms with E-state index in [2.05, 4.69) is 5.32 Å². The Morgan fingerprint density at radius 2 is 2.20 bits per heavy atom. The number of nitrogens with one attached hydrogen (secondary N) is 1. The predicted molar refractivity (Wildman–Crippen MR) is 78.1 cm³/mol. The van der Waals surface area contributed by atoms with E-state index in [4.69, 9.17) is 10.5 Å². The van der Waals surface area contributed by atoms with E-state index in [0.29, 0.717) is 25.4 Å². The largest absolute Gasteiger partial charge is 0.383 e. The van der Waals surface area contributed by atoms with E-state index in [1.54, 1.807) is 0 Å². The normalized spacial score (nSPS) is 18.4. The molecule has 0 saturated carbocycles. The summed E-state index contributed by atoms with van der Waals surface area (Å²) >= 11 is 0. The molecule has 3 N–H and O–H groups in total. The van der Waals surface area contributed by atoms with Crippen molar-refractivity contribution in [2.75, 3.05) is 24.3 Å². The maximum atomic E-state index is 12.2. The molecule has 2 rings (SSSR count).